The van der Waals surface area contributed by atoms with Crippen molar-refractivity contribution in [2.75, 3.05) is 12.5 Å². The molecule has 6 heteroatoms. The Morgan fingerprint density at radius 2 is 2.00 bits per heavy atom. The lowest BCUT2D eigenvalue weighted by atomic mass is 10.2. The van der Waals surface area contributed by atoms with Crippen LogP contribution < -0.4 is 10.1 Å². The van der Waals surface area contributed by atoms with Crippen molar-refractivity contribution in [2.24, 2.45) is 0 Å². The number of alkyl halides is 3. The molecular weight excluding hydrogens is 252 g/mol. The van der Waals surface area contributed by atoms with Gasteiger partial charge in [0.1, 0.15) is 18.2 Å². The van der Waals surface area contributed by atoms with Crippen molar-refractivity contribution in [1.82, 2.24) is 5.32 Å². The second kappa shape index (κ2) is 7.06. The molecule has 1 aromatic carbocycles. The molecule has 17 heavy (non-hydrogen) atoms. The minimum absolute atomic E-state index is 0.0877. The average molecular weight is 264 g/mol. The van der Waals surface area contributed by atoms with Crippen LogP contribution in [0.3, 0.4) is 0 Å². The minimum atomic E-state index is -2.49. The Morgan fingerprint density at radius 1 is 1.35 bits per heavy atom. The Bertz CT molecular complexity index is 357. The van der Waals surface area contributed by atoms with Gasteiger partial charge in [0.15, 0.2) is 0 Å². The van der Waals surface area contributed by atoms with Crippen LogP contribution in [0.2, 0.25) is 0 Å². The zero-order valence-corrected chi connectivity index (χ0v) is 9.71. The van der Waals surface area contributed by atoms with Crippen molar-refractivity contribution in [3.63, 3.8) is 0 Å². The molecule has 94 valence electrons. The molecule has 0 fully saturated rings. The van der Waals surface area contributed by atoms with Crippen LogP contribution in [-0.4, -0.2) is 24.8 Å². The quantitative estimate of drug-likeness (QED) is 0.799. The predicted octanol–water partition coefficient (Wildman–Crippen LogP) is 2.19. The van der Waals surface area contributed by atoms with Gasteiger partial charge in [0.25, 0.3) is 6.43 Å². The molecule has 0 saturated heterocycles. The molecule has 1 aromatic rings. The third-order valence-electron chi connectivity index (χ3n) is 1.91. The fourth-order valence-electron chi connectivity index (χ4n) is 1.11. The summed E-state index contributed by atoms with van der Waals surface area (Å²) in [6, 6.07) is 6.53. The number of hydrogen-bond donors (Lipinski definition) is 1. The molecule has 0 aliphatic rings. The zero-order valence-electron chi connectivity index (χ0n) is 8.96. The number of hydrogen-bond acceptors (Lipinski definition) is 2. The van der Waals surface area contributed by atoms with Crippen LogP contribution in [0.1, 0.15) is 5.56 Å². The summed E-state index contributed by atoms with van der Waals surface area (Å²) in [4.78, 5) is 10.9. The maximum atomic E-state index is 11.9. The van der Waals surface area contributed by atoms with Gasteiger partial charge < -0.3 is 10.1 Å². The van der Waals surface area contributed by atoms with E-state index in [1.165, 1.54) is 0 Å². The van der Waals surface area contributed by atoms with Crippen molar-refractivity contribution < 1.29 is 18.3 Å². The van der Waals surface area contributed by atoms with Gasteiger partial charge in [-0.25, -0.2) is 8.78 Å². The van der Waals surface area contributed by atoms with E-state index in [0.29, 0.717) is 12.3 Å². The number of carbonyl (C=O) groups is 1. The van der Waals surface area contributed by atoms with Crippen molar-refractivity contribution in [3.05, 3.63) is 29.8 Å². The monoisotopic (exact) mass is 263 g/mol. The van der Waals surface area contributed by atoms with Crippen LogP contribution in [0.25, 0.3) is 0 Å². The Labute approximate surface area is 103 Å². The highest BCUT2D eigenvalue weighted by Crippen LogP contribution is 2.12. The van der Waals surface area contributed by atoms with E-state index < -0.39 is 13.0 Å². The molecule has 1 amide bonds. The third-order valence-corrected chi connectivity index (χ3v) is 2.15. The highest BCUT2D eigenvalue weighted by molar-refractivity contribution is 6.27. The van der Waals surface area contributed by atoms with Gasteiger partial charge in [-0.05, 0) is 17.7 Å². The van der Waals surface area contributed by atoms with Gasteiger partial charge >= 0.3 is 0 Å². The van der Waals surface area contributed by atoms with E-state index in [4.69, 9.17) is 16.3 Å². The molecule has 0 aliphatic carbocycles. The van der Waals surface area contributed by atoms with Crippen molar-refractivity contribution in [1.29, 1.82) is 0 Å². The standard InChI is InChI=1S/C11H12ClF2NO2/c12-5-11(16)15-6-8-1-3-9(4-2-8)17-7-10(13)14/h1-4,10H,5-7H2,(H,15,16). The smallest absolute Gasteiger partial charge is 0.272 e. The van der Waals surface area contributed by atoms with Crippen LogP contribution >= 0.6 is 11.6 Å². The summed E-state index contributed by atoms with van der Waals surface area (Å²) < 4.78 is 28.5. The first-order chi connectivity index (χ1) is 8.11. The summed E-state index contributed by atoms with van der Waals surface area (Å²) >= 11 is 5.31. The second-order valence-corrected chi connectivity index (χ2v) is 3.52. The normalized spacial score (nSPS) is 10.4. The van der Waals surface area contributed by atoms with Gasteiger partial charge in [0, 0.05) is 6.54 Å². The Morgan fingerprint density at radius 3 is 2.53 bits per heavy atom. The molecule has 0 radical (unpaired) electrons. The first-order valence-electron chi connectivity index (χ1n) is 4.94. The van der Waals surface area contributed by atoms with Crippen molar-refractivity contribution >= 4 is 17.5 Å². The molecule has 0 aliphatic heterocycles. The lowest BCUT2D eigenvalue weighted by Crippen LogP contribution is -2.23. The molecule has 0 spiro atoms. The number of carbonyl (C=O) groups excluding carboxylic acids is 1. The Balaban J connectivity index is 2.42. The van der Waals surface area contributed by atoms with Gasteiger partial charge in [-0.2, -0.15) is 0 Å². The van der Waals surface area contributed by atoms with E-state index in [2.05, 4.69) is 5.32 Å². The first-order valence-corrected chi connectivity index (χ1v) is 5.48. The average Bonchev–Trinajstić information content (AvgIpc) is 2.34. The number of benzene rings is 1. The van der Waals surface area contributed by atoms with E-state index in [-0.39, 0.29) is 11.8 Å². The second-order valence-electron chi connectivity index (χ2n) is 3.26. The lowest BCUT2D eigenvalue weighted by Gasteiger charge is -2.07. The maximum absolute atomic E-state index is 11.9. The fraction of sp³-hybridized carbons (Fsp3) is 0.364. The van der Waals surface area contributed by atoms with E-state index in [1.54, 1.807) is 24.3 Å². The Hall–Kier alpha value is -1.36. The zero-order chi connectivity index (χ0) is 12.7. The summed E-state index contributed by atoms with van der Waals surface area (Å²) in [5.41, 5.74) is 0.841. The minimum Gasteiger partial charge on any atom is -0.488 e. The van der Waals surface area contributed by atoms with E-state index >= 15 is 0 Å². The van der Waals surface area contributed by atoms with Crippen LogP contribution in [0.4, 0.5) is 8.78 Å². The molecule has 0 heterocycles. The highest BCUT2D eigenvalue weighted by Gasteiger charge is 2.03. The number of rotatable bonds is 6. The molecule has 0 atom stereocenters. The highest BCUT2D eigenvalue weighted by atomic mass is 35.5. The molecule has 0 aromatic heterocycles. The number of ether oxygens (including phenoxy) is 1. The van der Waals surface area contributed by atoms with Crippen LogP contribution in [0.5, 0.6) is 5.75 Å². The predicted molar refractivity (Wildman–Crippen MR) is 60.5 cm³/mol. The van der Waals surface area contributed by atoms with Crippen LogP contribution in [0.15, 0.2) is 24.3 Å². The summed E-state index contributed by atoms with van der Waals surface area (Å²) in [5, 5.41) is 2.59. The van der Waals surface area contributed by atoms with Crippen LogP contribution in [0, 0.1) is 0 Å². The van der Waals surface area contributed by atoms with Crippen LogP contribution in [-0.2, 0) is 11.3 Å². The van der Waals surface area contributed by atoms with Crippen molar-refractivity contribution in [3.8, 4) is 5.75 Å². The molecule has 3 nitrogen and oxygen atoms in total. The summed E-state index contributed by atoms with van der Waals surface area (Å²) in [7, 11) is 0. The molecule has 1 rings (SSSR count). The third kappa shape index (κ3) is 5.49. The van der Waals surface area contributed by atoms with Crippen molar-refractivity contribution in [2.45, 2.75) is 13.0 Å². The van der Waals surface area contributed by atoms with Gasteiger partial charge in [0.2, 0.25) is 5.91 Å². The summed E-state index contributed by atoms with van der Waals surface area (Å²) in [5.74, 6) is 0.0256. The molecule has 0 saturated carbocycles. The largest absolute Gasteiger partial charge is 0.488 e. The van der Waals surface area contributed by atoms with E-state index in [1.807, 2.05) is 0 Å². The molecular formula is C11H12ClF2NO2. The number of nitrogens with one attached hydrogen (secondary N) is 1. The van der Waals surface area contributed by atoms with E-state index in [0.717, 1.165) is 5.56 Å². The lowest BCUT2D eigenvalue weighted by molar-refractivity contribution is -0.118. The molecule has 0 bridgehead atoms. The topological polar surface area (TPSA) is 38.3 Å². The summed E-state index contributed by atoms with van der Waals surface area (Å²) in [6.07, 6.45) is -2.49. The Kier molecular flexibility index (Phi) is 5.69. The molecule has 1 N–H and O–H groups in total. The first kappa shape index (κ1) is 13.7. The van der Waals surface area contributed by atoms with Gasteiger partial charge in [-0.3, -0.25) is 4.79 Å². The number of amides is 1. The number of halogens is 3. The fourth-order valence-corrected chi connectivity index (χ4v) is 1.21. The van der Waals surface area contributed by atoms with Gasteiger partial charge in [0.05, 0.1) is 0 Å². The maximum Gasteiger partial charge on any atom is 0.272 e. The van der Waals surface area contributed by atoms with Gasteiger partial charge in [-0.15, -0.1) is 11.6 Å². The van der Waals surface area contributed by atoms with E-state index in [9.17, 15) is 13.6 Å². The SMILES string of the molecule is O=C(CCl)NCc1ccc(OCC(F)F)cc1. The molecule has 0 unspecified atom stereocenters. The van der Waals surface area contributed by atoms with Gasteiger partial charge in [-0.1, -0.05) is 12.1 Å². The summed E-state index contributed by atoms with van der Waals surface area (Å²) in [6.45, 7) is -0.275.